The third-order valence-electron chi connectivity index (χ3n) is 3.52. The molecule has 2 saturated heterocycles. The molecule has 0 aromatic heterocycles. The van der Waals surface area contributed by atoms with Gasteiger partial charge in [-0.05, 0) is 32.2 Å². The molecule has 2 aliphatic heterocycles. The number of aliphatic hydroxyl groups excluding tert-OH is 1. The van der Waals surface area contributed by atoms with E-state index in [4.69, 9.17) is 4.74 Å². The second-order valence-electron chi connectivity index (χ2n) is 4.69. The zero-order valence-corrected chi connectivity index (χ0v) is 9.50. The molecule has 1 atom stereocenters. The summed E-state index contributed by atoms with van der Waals surface area (Å²) in [5, 5.41) is 15.6. The van der Waals surface area contributed by atoms with Gasteiger partial charge in [0.2, 0.25) is 5.91 Å². The van der Waals surface area contributed by atoms with Crippen LogP contribution in [0.3, 0.4) is 0 Å². The van der Waals surface area contributed by atoms with Crippen LogP contribution in [0.5, 0.6) is 0 Å². The van der Waals surface area contributed by atoms with Gasteiger partial charge in [-0.15, -0.1) is 0 Å². The second-order valence-corrected chi connectivity index (χ2v) is 4.69. The molecule has 2 fully saturated rings. The van der Waals surface area contributed by atoms with Crippen molar-refractivity contribution in [3.05, 3.63) is 0 Å². The Morgan fingerprint density at radius 2 is 2.25 bits per heavy atom. The van der Waals surface area contributed by atoms with Crippen LogP contribution in [-0.2, 0) is 9.53 Å². The minimum Gasteiger partial charge on any atom is -0.394 e. The van der Waals surface area contributed by atoms with Crippen molar-refractivity contribution in [2.45, 2.75) is 37.3 Å². The zero-order chi connectivity index (χ0) is 11.4. The average Bonchev–Trinajstić information content (AvgIpc) is 2.84. The lowest BCUT2D eigenvalue weighted by Gasteiger charge is -2.37. The lowest BCUT2D eigenvalue weighted by Crippen LogP contribution is -2.58. The molecule has 2 heterocycles. The topological polar surface area (TPSA) is 70.6 Å². The predicted molar refractivity (Wildman–Crippen MR) is 59.0 cm³/mol. The highest BCUT2D eigenvalue weighted by molar-refractivity contribution is 5.82. The van der Waals surface area contributed by atoms with Crippen LogP contribution < -0.4 is 10.6 Å². The highest BCUT2D eigenvalue weighted by atomic mass is 16.5. The third kappa shape index (κ3) is 2.53. The highest BCUT2D eigenvalue weighted by Gasteiger charge is 2.35. The van der Waals surface area contributed by atoms with Crippen LogP contribution in [0.2, 0.25) is 0 Å². The standard InChI is InChI=1S/C11H20N2O3/c14-8-11(3-6-16-7-4-11)13-10(15)9-2-1-5-12-9/h9,12,14H,1-8H2,(H,13,15). The Labute approximate surface area is 95.5 Å². The molecule has 0 spiro atoms. The summed E-state index contributed by atoms with van der Waals surface area (Å²) in [6, 6.07) is -0.0775. The molecule has 16 heavy (non-hydrogen) atoms. The highest BCUT2D eigenvalue weighted by Crippen LogP contribution is 2.20. The van der Waals surface area contributed by atoms with Crippen LogP contribution in [0.4, 0.5) is 0 Å². The summed E-state index contributed by atoms with van der Waals surface area (Å²) in [5.74, 6) is 0.0217. The van der Waals surface area contributed by atoms with Crippen molar-refractivity contribution < 1.29 is 14.6 Å². The predicted octanol–water partition coefficient (Wildman–Crippen LogP) is -0.604. The van der Waals surface area contributed by atoms with Crippen LogP contribution in [-0.4, -0.2) is 49.0 Å². The molecule has 2 aliphatic rings. The van der Waals surface area contributed by atoms with Gasteiger partial charge in [-0.1, -0.05) is 0 Å². The maximum atomic E-state index is 12.0. The molecule has 5 heteroatoms. The number of hydrogen-bond acceptors (Lipinski definition) is 4. The minimum atomic E-state index is -0.459. The van der Waals surface area contributed by atoms with E-state index in [1.54, 1.807) is 0 Å². The summed E-state index contributed by atoms with van der Waals surface area (Å²) >= 11 is 0. The molecular weight excluding hydrogens is 208 g/mol. The first kappa shape index (κ1) is 11.8. The quantitative estimate of drug-likeness (QED) is 0.603. The van der Waals surface area contributed by atoms with Gasteiger partial charge in [0.15, 0.2) is 0 Å². The van der Waals surface area contributed by atoms with Gasteiger partial charge in [0.1, 0.15) is 0 Å². The van der Waals surface area contributed by atoms with Crippen molar-refractivity contribution in [2.24, 2.45) is 0 Å². The number of ether oxygens (including phenoxy) is 1. The van der Waals surface area contributed by atoms with Crippen LogP contribution in [0, 0.1) is 0 Å². The summed E-state index contributed by atoms with van der Waals surface area (Å²) in [5.41, 5.74) is -0.459. The van der Waals surface area contributed by atoms with Crippen molar-refractivity contribution in [3.8, 4) is 0 Å². The van der Waals surface area contributed by atoms with Crippen molar-refractivity contribution in [2.75, 3.05) is 26.4 Å². The number of nitrogens with one attached hydrogen (secondary N) is 2. The Bertz CT molecular complexity index is 246. The summed E-state index contributed by atoms with van der Waals surface area (Å²) in [4.78, 5) is 12.0. The van der Waals surface area contributed by atoms with Gasteiger partial charge in [0, 0.05) is 13.2 Å². The van der Waals surface area contributed by atoms with Gasteiger partial charge in [0.05, 0.1) is 18.2 Å². The van der Waals surface area contributed by atoms with E-state index in [9.17, 15) is 9.90 Å². The summed E-state index contributed by atoms with van der Waals surface area (Å²) in [7, 11) is 0. The van der Waals surface area contributed by atoms with Gasteiger partial charge in [-0.25, -0.2) is 0 Å². The molecule has 0 bridgehead atoms. The molecule has 0 aromatic carbocycles. The van der Waals surface area contributed by atoms with E-state index in [2.05, 4.69) is 10.6 Å². The molecule has 1 amide bonds. The first-order valence-electron chi connectivity index (χ1n) is 6.00. The Morgan fingerprint density at radius 3 is 2.81 bits per heavy atom. The summed E-state index contributed by atoms with van der Waals surface area (Å²) in [6.07, 6.45) is 3.33. The molecule has 0 saturated carbocycles. The maximum absolute atomic E-state index is 12.0. The zero-order valence-electron chi connectivity index (χ0n) is 9.50. The Kier molecular flexibility index (Phi) is 3.78. The lowest BCUT2D eigenvalue weighted by atomic mass is 9.90. The van der Waals surface area contributed by atoms with E-state index in [0.29, 0.717) is 26.1 Å². The van der Waals surface area contributed by atoms with Crippen LogP contribution >= 0.6 is 0 Å². The molecule has 0 aliphatic carbocycles. The SMILES string of the molecule is O=C(NC1(CO)CCOCC1)C1CCCN1. The van der Waals surface area contributed by atoms with Crippen molar-refractivity contribution >= 4 is 5.91 Å². The average molecular weight is 228 g/mol. The van der Waals surface area contributed by atoms with E-state index in [0.717, 1.165) is 19.4 Å². The first-order valence-corrected chi connectivity index (χ1v) is 6.00. The van der Waals surface area contributed by atoms with E-state index < -0.39 is 5.54 Å². The molecule has 1 unspecified atom stereocenters. The maximum Gasteiger partial charge on any atom is 0.237 e. The fourth-order valence-electron chi connectivity index (χ4n) is 2.34. The van der Waals surface area contributed by atoms with Gasteiger partial charge in [-0.2, -0.15) is 0 Å². The van der Waals surface area contributed by atoms with E-state index in [1.807, 2.05) is 0 Å². The number of carbonyl (C=O) groups is 1. The third-order valence-corrected chi connectivity index (χ3v) is 3.52. The van der Waals surface area contributed by atoms with E-state index >= 15 is 0 Å². The second kappa shape index (κ2) is 5.12. The molecule has 92 valence electrons. The Hall–Kier alpha value is -0.650. The van der Waals surface area contributed by atoms with Gasteiger partial charge >= 0.3 is 0 Å². The minimum absolute atomic E-state index is 0.00514. The van der Waals surface area contributed by atoms with Crippen LogP contribution in [0.15, 0.2) is 0 Å². The number of aliphatic hydroxyl groups is 1. The smallest absolute Gasteiger partial charge is 0.237 e. The molecular formula is C11H20N2O3. The van der Waals surface area contributed by atoms with Crippen LogP contribution in [0.25, 0.3) is 0 Å². The largest absolute Gasteiger partial charge is 0.394 e. The van der Waals surface area contributed by atoms with Gasteiger partial charge < -0.3 is 20.5 Å². The van der Waals surface area contributed by atoms with Crippen molar-refractivity contribution in [1.82, 2.24) is 10.6 Å². The Morgan fingerprint density at radius 1 is 1.50 bits per heavy atom. The van der Waals surface area contributed by atoms with Gasteiger partial charge in [-0.3, -0.25) is 4.79 Å². The molecule has 0 radical (unpaired) electrons. The number of hydrogen-bond donors (Lipinski definition) is 3. The van der Waals surface area contributed by atoms with Crippen molar-refractivity contribution in [1.29, 1.82) is 0 Å². The molecule has 0 aromatic rings. The van der Waals surface area contributed by atoms with Crippen LogP contribution in [0.1, 0.15) is 25.7 Å². The fourth-order valence-corrected chi connectivity index (χ4v) is 2.34. The first-order chi connectivity index (χ1) is 7.76. The number of rotatable bonds is 3. The summed E-state index contributed by atoms with van der Waals surface area (Å²) < 4.78 is 5.26. The fraction of sp³-hybridized carbons (Fsp3) is 0.909. The molecule has 5 nitrogen and oxygen atoms in total. The van der Waals surface area contributed by atoms with Gasteiger partial charge in [0.25, 0.3) is 0 Å². The number of carbonyl (C=O) groups excluding carboxylic acids is 1. The number of amides is 1. The van der Waals surface area contributed by atoms with E-state index in [1.165, 1.54) is 0 Å². The Balaban J connectivity index is 1.91. The lowest BCUT2D eigenvalue weighted by molar-refractivity contribution is -0.127. The monoisotopic (exact) mass is 228 g/mol. The molecule has 2 rings (SSSR count). The summed E-state index contributed by atoms with van der Waals surface area (Å²) in [6.45, 7) is 2.13. The molecule has 3 N–H and O–H groups in total. The van der Waals surface area contributed by atoms with Crippen molar-refractivity contribution in [3.63, 3.8) is 0 Å². The normalized spacial score (nSPS) is 28.9. The van der Waals surface area contributed by atoms with E-state index in [-0.39, 0.29) is 18.6 Å².